The van der Waals surface area contributed by atoms with Gasteiger partial charge >= 0.3 is 0 Å². The topological polar surface area (TPSA) is 109 Å². The van der Waals surface area contributed by atoms with Gasteiger partial charge in [-0.05, 0) is 43.3 Å². The highest BCUT2D eigenvalue weighted by atomic mass is 32.1. The third kappa shape index (κ3) is 5.89. The molecule has 1 saturated heterocycles. The molecule has 0 spiro atoms. The molecule has 1 fully saturated rings. The van der Waals surface area contributed by atoms with Crippen molar-refractivity contribution in [3.05, 3.63) is 34.1 Å². The predicted octanol–water partition coefficient (Wildman–Crippen LogP) is 1.92. The monoisotopic (exact) mass is 369 g/mol. The van der Waals surface area contributed by atoms with E-state index in [-0.39, 0.29) is 12.6 Å². The number of carboxylic acid groups (broad SMARTS) is 1. The minimum absolute atomic E-state index is 0.250. The van der Waals surface area contributed by atoms with E-state index in [1.54, 1.807) is 18.4 Å². The highest BCUT2D eigenvalue weighted by Crippen LogP contribution is 2.33. The number of nitrogens with zero attached hydrogens (tertiary/aromatic N) is 3. The van der Waals surface area contributed by atoms with E-state index in [0.29, 0.717) is 30.8 Å². The molecule has 0 aromatic carbocycles. The Bertz CT molecular complexity index is 611. The molecule has 1 aliphatic heterocycles. The number of hydrogen-bond donors (Lipinski definition) is 2. The van der Waals surface area contributed by atoms with Crippen LogP contribution in [0.15, 0.2) is 22.0 Å². The lowest BCUT2D eigenvalue weighted by molar-refractivity contribution is -0.122. The van der Waals surface area contributed by atoms with Crippen LogP contribution in [-0.4, -0.2) is 51.9 Å². The molecule has 0 bridgehead atoms. The van der Waals surface area contributed by atoms with Crippen LogP contribution in [0.1, 0.15) is 35.5 Å². The summed E-state index contributed by atoms with van der Waals surface area (Å²) in [6.45, 7) is 2.67. The summed E-state index contributed by atoms with van der Waals surface area (Å²) in [5.74, 6) is 1.55. The van der Waals surface area contributed by atoms with Crippen LogP contribution in [0.2, 0.25) is 0 Å². The summed E-state index contributed by atoms with van der Waals surface area (Å²) in [6, 6.07) is 4.00. The van der Waals surface area contributed by atoms with Crippen LogP contribution < -0.4 is 0 Å². The van der Waals surface area contributed by atoms with Crippen LogP contribution in [0.25, 0.3) is 0 Å². The fourth-order valence-electron chi connectivity index (χ4n) is 2.85. The van der Waals surface area contributed by atoms with Crippen LogP contribution in [0.4, 0.5) is 0 Å². The molecular formula is C16H23N3O5S. The Hall–Kier alpha value is -1.81. The Kier molecular flexibility index (Phi) is 7.99. The second kappa shape index (κ2) is 10.2. The summed E-state index contributed by atoms with van der Waals surface area (Å²) in [7, 11) is 1.61. The zero-order valence-corrected chi connectivity index (χ0v) is 14.9. The lowest BCUT2D eigenvalue weighted by Crippen LogP contribution is -2.35. The van der Waals surface area contributed by atoms with Gasteiger partial charge < -0.3 is 19.5 Å². The van der Waals surface area contributed by atoms with Gasteiger partial charge in [-0.1, -0.05) is 11.2 Å². The quantitative estimate of drug-likeness (QED) is 0.744. The third-order valence-corrected chi connectivity index (χ3v) is 5.00. The number of piperidine rings is 1. The molecule has 1 unspecified atom stereocenters. The third-order valence-electron chi connectivity index (χ3n) is 4.06. The summed E-state index contributed by atoms with van der Waals surface area (Å²) < 4.78 is 10.2. The number of thiophene rings is 1. The van der Waals surface area contributed by atoms with E-state index in [9.17, 15) is 5.11 Å². The lowest BCUT2D eigenvalue weighted by Gasteiger charge is -2.33. The van der Waals surface area contributed by atoms with Gasteiger partial charge in [0.15, 0.2) is 5.82 Å². The van der Waals surface area contributed by atoms with Crippen molar-refractivity contribution in [1.29, 1.82) is 0 Å². The molecule has 3 rings (SSSR count). The Labute approximate surface area is 150 Å². The number of likely N-dealkylation sites (tertiary alicyclic amines) is 1. The maximum absolute atomic E-state index is 10.4. The molecule has 25 heavy (non-hydrogen) atoms. The van der Waals surface area contributed by atoms with E-state index in [1.165, 1.54) is 0 Å². The van der Waals surface area contributed by atoms with Gasteiger partial charge in [-0.25, -0.2) is 0 Å². The first-order chi connectivity index (χ1) is 12.2. The SMILES string of the molecule is COCc1noc(CN2CCC(C(O)c3cccs3)CC2)n1.O=CO. The smallest absolute Gasteiger partial charge is 0.290 e. The minimum Gasteiger partial charge on any atom is -0.483 e. The summed E-state index contributed by atoms with van der Waals surface area (Å²) in [5, 5.41) is 23.2. The summed E-state index contributed by atoms with van der Waals surface area (Å²) >= 11 is 1.63. The minimum atomic E-state index is -0.334. The number of aliphatic hydroxyl groups is 1. The second-order valence-corrected chi connectivity index (χ2v) is 6.70. The van der Waals surface area contributed by atoms with E-state index >= 15 is 0 Å². The van der Waals surface area contributed by atoms with Gasteiger partial charge in [0.1, 0.15) is 6.61 Å². The van der Waals surface area contributed by atoms with Gasteiger partial charge in [-0.3, -0.25) is 9.69 Å². The number of methoxy groups -OCH3 is 1. The highest BCUT2D eigenvalue weighted by Gasteiger charge is 2.27. The zero-order valence-electron chi connectivity index (χ0n) is 14.1. The molecule has 0 aliphatic carbocycles. The molecule has 3 heterocycles. The van der Waals surface area contributed by atoms with E-state index < -0.39 is 0 Å². The summed E-state index contributed by atoms with van der Waals surface area (Å²) in [5.41, 5.74) is 0. The van der Waals surface area contributed by atoms with Crippen molar-refractivity contribution in [3.8, 4) is 0 Å². The van der Waals surface area contributed by atoms with Crippen molar-refractivity contribution in [2.45, 2.75) is 32.1 Å². The van der Waals surface area contributed by atoms with Crippen LogP contribution in [0, 0.1) is 5.92 Å². The summed E-state index contributed by atoms with van der Waals surface area (Å²) in [4.78, 5) is 16.0. The van der Waals surface area contributed by atoms with Crippen molar-refractivity contribution in [1.82, 2.24) is 15.0 Å². The molecule has 0 radical (unpaired) electrons. The summed E-state index contributed by atoms with van der Waals surface area (Å²) in [6.07, 6.45) is 1.63. The highest BCUT2D eigenvalue weighted by molar-refractivity contribution is 7.10. The fraction of sp³-hybridized carbons (Fsp3) is 0.562. The first-order valence-corrected chi connectivity index (χ1v) is 8.88. The standard InChI is InChI=1S/C15H21N3O3S.CH2O2/c1-20-10-13-16-14(21-17-13)9-18-6-4-11(5-7-18)15(19)12-3-2-8-22-12;2-1-3/h2-3,8,11,15,19H,4-7,9-10H2,1H3;1H,(H,2,3). The molecule has 2 N–H and O–H groups in total. The van der Waals surface area contributed by atoms with Crippen molar-refractivity contribution in [2.75, 3.05) is 20.2 Å². The molecule has 2 aromatic rings. The number of aliphatic hydroxyl groups excluding tert-OH is 1. The first-order valence-electron chi connectivity index (χ1n) is 8.00. The van der Waals surface area contributed by atoms with Gasteiger partial charge in [0.05, 0.1) is 12.6 Å². The molecule has 1 aliphatic rings. The molecule has 1 atom stereocenters. The predicted molar refractivity (Wildman–Crippen MR) is 91.0 cm³/mol. The van der Waals surface area contributed by atoms with E-state index in [2.05, 4.69) is 15.0 Å². The first kappa shape index (κ1) is 19.5. The molecule has 9 heteroatoms. The Balaban J connectivity index is 0.000000701. The number of hydrogen-bond acceptors (Lipinski definition) is 8. The number of carbonyl (C=O) groups is 1. The van der Waals surface area contributed by atoms with Gasteiger partial charge in [0.2, 0.25) is 5.89 Å². The largest absolute Gasteiger partial charge is 0.483 e. The van der Waals surface area contributed by atoms with Crippen molar-refractivity contribution < 1.29 is 24.3 Å². The van der Waals surface area contributed by atoms with Crippen LogP contribution in [0.3, 0.4) is 0 Å². The van der Waals surface area contributed by atoms with Gasteiger partial charge in [0.25, 0.3) is 6.47 Å². The molecule has 2 aromatic heterocycles. The van der Waals surface area contributed by atoms with Crippen LogP contribution in [0.5, 0.6) is 0 Å². The zero-order chi connectivity index (χ0) is 18.1. The maximum Gasteiger partial charge on any atom is 0.290 e. The molecule has 8 nitrogen and oxygen atoms in total. The van der Waals surface area contributed by atoms with E-state index in [1.807, 2.05) is 17.5 Å². The number of rotatable bonds is 6. The van der Waals surface area contributed by atoms with Gasteiger partial charge in [-0.2, -0.15) is 4.98 Å². The van der Waals surface area contributed by atoms with Crippen molar-refractivity contribution in [3.63, 3.8) is 0 Å². The van der Waals surface area contributed by atoms with E-state index in [4.69, 9.17) is 19.2 Å². The second-order valence-electron chi connectivity index (χ2n) is 5.72. The molecular weight excluding hydrogens is 346 g/mol. The van der Waals surface area contributed by atoms with Crippen LogP contribution in [-0.2, 0) is 22.7 Å². The average molecular weight is 369 g/mol. The molecule has 0 saturated carbocycles. The maximum atomic E-state index is 10.4. The van der Waals surface area contributed by atoms with E-state index in [0.717, 1.165) is 30.8 Å². The Morgan fingerprint density at radius 1 is 1.52 bits per heavy atom. The van der Waals surface area contributed by atoms with Gasteiger partial charge in [0, 0.05) is 12.0 Å². The number of aromatic nitrogens is 2. The van der Waals surface area contributed by atoms with Crippen molar-refractivity contribution in [2.24, 2.45) is 5.92 Å². The fourth-order valence-corrected chi connectivity index (χ4v) is 3.66. The normalized spacial score (nSPS) is 16.9. The molecule has 0 amide bonds. The number of ether oxygens (including phenoxy) is 1. The van der Waals surface area contributed by atoms with Crippen LogP contribution >= 0.6 is 11.3 Å². The Morgan fingerprint density at radius 2 is 2.24 bits per heavy atom. The molecule has 138 valence electrons. The average Bonchev–Trinajstić information content (AvgIpc) is 3.28. The Morgan fingerprint density at radius 3 is 2.84 bits per heavy atom. The lowest BCUT2D eigenvalue weighted by atomic mass is 9.90. The van der Waals surface area contributed by atoms with Gasteiger partial charge in [-0.15, -0.1) is 11.3 Å². The van der Waals surface area contributed by atoms with Crippen molar-refractivity contribution >= 4 is 17.8 Å².